The van der Waals surface area contributed by atoms with Crippen LogP contribution in [0.4, 0.5) is 0 Å². The van der Waals surface area contributed by atoms with Crippen LogP contribution in [0.1, 0.15) is 30.3 Å². The van der Waals surface area contributed by atoms with E-state index in [-0.39, 0.29) is 0 Å². The fourth-order valence-corrected chi connectivity index (χ4v) is 3.86. The minimum Gasteiger partial charge on any atom is -0.312 e. The van der Waals surface area contributed by atoms with Crippen LogP contribution in [0.3, 0.4) is 0 Å². The lowest BCUT2D eigenvalue weighted by Gasteiger charge is -2.34. The predicted octanol–water partition coefficient (Wildman–Crippen LogP) is 3.26. The first kappa shape index (κ1) is 20.3. The van der Waals surface area contributed by atoms with Crippen molar-refractivity contribution in [3.63, 3.8) is 0 Å². The van der Waals surface area contributed by atoms with E-state index in [0.717, 1.165) is 29.5 Å². The quantitative estimate of drug-likeness (QED) is 0.703. The molecule has 2 aromatic rings. The molecule has 1 saturated heterocycles. The van der Waals surface area contributed by atoms with E-state index in [1.54, 1.807) is 0 Å². The Morgan fingerprint density at radius 1 is 1.04 bits per heavy atom. The van der Waals surface area contributed by atoms with Crippen LogP contribution in [0.2, 0.25) is 5.02 Å². The van der Waals surface area contributed by atoms with Gasteiger partial charge in [-0.15, -0.1) is 0 Å². The van der Waals surface area contributed by atoms with Crippen LogP contribution >= 0.6 is 11.6 Å². The van der Waals surface area contributed by atoms with Crippen molar-refractivity contribution in [1.29, 1.82) is 0 Å². The zero-order valence-electron chi connectivity index (χ0n) is 16.8. The third kappa shape index (κ3) is 5.32. The summed E-state index contributed by atoms with van der Waals surface area (Å²) in [5, 5.41) is 9.07. The fraction of sp³-hybridized carbons (Fsp3) is 0.571. The predicted molar refractivity (Wildman–Crippen MR) is 113 cm³/mol. The second kappa shape index (κ2) is 9.69. The Hall–Kier alpha value is -1.40. The summed E-state index contributed by atoms with van der Waals surface area (Å²) in [4.78, 5) is 5.11. The van der Waals surface area contributed by atoms with Crippen LogP contribution in [0.25, 0.3) is 5.69 Å². The lowest BCUT2D eigenvalue weighted by Crippen LogP contribution is -2.46. The number of nitrogens with one attached hydrogen (secondary N) is 1. The molecule has 1 aliphatic heterocycles. The molecule has 1 aliphatic rings. The smallest absolute Gasteiger partial charge is 0.0649 e. The maximum atomic E-state index is 6.00. The van der Waals surface area contributed by atoms with Gasteiger partial charge in [0, 0.05) is 49.0 Å². The summed E-state index contributed by atoms with van der Waals surface area (Å²) in [6.45, 7) is 15.6. The van der Waals surface area contributed by atoms with Crippen LogP contribution in [0.15, 0.2) is 24.3 Å². The van der Waals surface area contributed by atoms with Gasteiger partial charge in [-0.3, -0.25) is 0 Å². The number of likely N-dealkylation sites (N-methyl/N-ethyl adjacent to an activating group) is 1. The number of benzene rings is 1. The van der Waals surface area contributed by atoms with Crippen molar-refractivity contribution in [3.05, 3.63) is 46.2 Å². The minimum atomic E-state index is 0.748. The highest BCUT2D eigenvalue weighted by atomic mass is 35.5. The van der Waals surface area contributed by atoms with Crippen molar-refractivity contribution >= 4 is 11.6 Å². The van der Waals surface area contributed by atoms with E-state index in [2.05, 4.69) is 35.9 Å². The number of piperazine rings is 1. The largest absolute Gasteiger partial charge is 0.312 e. The molecule has 27 heavy (non-hydrogen) atoms. The molecule has 0 aliphatic carbocycles. The Labute approximate surface area is 168 Å². The summed E-state index contributed by atoms with van der Waals surface area (Å²) >= 11 is 6.00. The van der Waals surface area contributed by atoms with Crippen LogP contribution in [-0.2, 0) is 6.54 Å². The molecule has 0 atom stereocenters. The average molecular weight is 390 g/mol. The van der Waals surface area contributed by atoms with Crippen LogP contribution in [0, 0.1) is 13.8 Å². The van der Waals surface area contributed by atoms with Gasteiger partial charge in [0.05, 0.1) is 11.4 Å². The number of nitrogens with zero attached hydrogens (tertiary/aromatic N) is 4. The lowest BCUT2D eigenvalue weighted by atomic mass is 10.2. The molecule has 0 bridgehead atoms. The minimum absolute atomic E-state index is 0.748. The first-order chi connectivity index (χ1) is 13.1. The van der Waals surface area contributed by atoms with Crippen molar-refractivity contribution in [3.8, 4) is 5.69 Å². The average Bonchev–Trinajstić information content (AvgIpc) is 2.97. The molecule has 0 amide bonds. The normalized spacial score (nSPS) is 16.1. The first-order valence-electron chi connectivity index (χ1n) is 10.0. The topological polar surface area (TPSA) is 36.3 Å². The third-order valence-electron chi connectivity index (χ3n) is 5.55. The van der Waals surface area contributed by atoms with E-state index >= 15 is 0 Å². The van der Waals surface area contributed by atoms with E-state index in [0.29, 0.717) is 0 Å². The Morgan fingerprint density at radius 3 is 2.37 bits per heavy atom. The van der Waals surface area contributed by atoms with Gasteiger partial charge >= 0.3 is 0 Å². The van der Waals surface area contributed by atoms with Gasteiger partial charge in [-0.05, 0) is 64.2 Å². The van der Waals surface area contributed by atoms with Gasteiger partial charge in [0.25, 0.3) is 0 Å². The molecule has 0 spiro atoms. The van der Waals surface area contributed by atoms with Gasteiger partial charge in [0.15, 0.2) is 0 Å². The summed E-state index contributed by atoms with van der Waals surface area (Å²) in [7, 11) is 0. The molecular weight excluding hydrogens is 358 g/mol. The number of aromatic nitrogens is 2. The van der Waals surface area contributed by atoms with E-state index < -0.39 is 0 Å². The van der Waals surface area contributed by atoms with Crippen LogP contribution in [-0.4, -0.2) is 65.4 Å². The summed E-state index contributed by atoms with van der Waals surface area (Å²) in [5.74, 6) is 0. The number of rotatable bonds is 8. The van der Waals surface area contributed by atoms with Crippen molar-refractivity contribution in [2.75, 3.05) is 45.8 Å². The number of hydrogen-bond donors (Lipinski definition) is 1. The molecule has 1 aromatic carbocycles. The van der Waals surface area contributed by atoms with Crippen molar-refractivity contribution in [2.45, 2.75) is 33.7 Å². The molecule has 148 valence electrons. The SMILES string of the molecule is CCN1CCN(CCCNCc2c(C)nn(-c3ccc(Cl)cc3)c2C)CC1. The maximum Gasteiger partial charge on any atom is 0.0649 e. The Bertz CT molecular complexity index is 717. The van der Waals surface area contributed by atoms with E-state index in [4.69, 9.17) is 16.7 Å². The molecular formula is C21H32ClN5. The van der Waals surface area contributed by atoms with Crippen molar-refractivity contribution in [1.82, 2.24) is 24.9 Å². The molecule has 6 heteroatoms. The fourth-order valence-electron chi connectivity index (χ4n) is 3.73. The first-order valence-corrected chi connectivity index (χ1v) is 10.4. The summed E-state index contributed by atoms with van der Waals surface area (Å²) in [6, 6.07) is 7.84. The summed E-state index contributed by atoms with van der Waals surface area (Å²) in [5.41, 5.74) is 4.63. The number of halogens is 1. The van der Waals surface area contributed by atoms with E-state index in [1.165, 1.54) is 56.9 Å². The van der Waals surface area contributed by atoms with Gasteiger partial charge in [-0.1, -0.05) is 18.5 Å². The molecule has 1 N–H and O–H groups in total. The molecule has 2 heterocycles. The highest BCUT2D eigenvalue weighted by molar-refractivity contribution is 6.30. The van der Waals surface area contributed by atoms with Crippen LogP contribution < -0.4 is 5.32 Å². The molecule has 0 unspecified atom stereocenters. The van der Waals surface area contributed by atoms with Gasteiger partial charge in [0.2, 0.25) is 0 Å². The molecule has 1 fully saturated rings. The molecule has 1 aromatic heterocycles. The number of aryl methyl sites for hydroxylation is 1. The molecule has 0 radical (unpaired) electrons. The second-order valence-corrected chi connectivity index (χ2v) is 7.78. The zero-order valence-corrected chi connectivity index (χ0v) is 17.6. The lowest BCUT2D eigenvalue weighted by molar-refractivity contribution is 0.136. The number of hydrogen-bond acceptors (Lipinski definition) is 4. The monoisotopic (exact) mass is 389 g/mol. The maximum absolute atomic E-state index is 6.00. The highest BCUT2D eigenvalue weighted by Crippen LogP contribution is 2.19. The van der Waals surface area contributed by atoms with E-state index in [1.807, 2.05) is 28.9 Å². The Kier molecular flexibility index (Phi) is 7.30. The van der Waals surface area contributed by atoms with Crippen molar-refractivity contribution < 1.29 is 0 Å². The molecule has 0 saturated carbocycles. The summed E-state index contributed by atoms with van der Waals surface area (Å²) in [6.07, 6.45) is 1.19. The van der Waals surface area contributed by atoms with Gasteiger partial charge < -0.3 is 15.1 Å². The Morgan fingerprint density at radius 2 is 1.70 bits per heavy atom. The van der Waals surface area contributed by atoms with Gasteiger partial charge in [0.1, 0.15) is 0 Å². The second-order valence-electron chi connectivity index (χ2n) is 7.34. The molecule has 5 nitrogen and oxygen atoms in total. The van der Waals surface area contributed by atoms with Crippen molar-refractivity contribution in [2.24, 2.45) is 0 Å². The zero-order chi connectivity index (χ0) is 19.2. The highest BCUT2D eigenvalue weighted by Gasteiger charge is 2.15. The third-order valence-corrected chi connectivity index (χ3v) is 5.81. The molecule has 3 rings (SSSR count). The summed E-state index contributed by atoms with van der Waals surface area (Å²) < 4.78 is 2.01. The Balaban J connectivity index is 1.45. The van der Waals surface area contributed by atoms with E-state index in [9.17, 15) is 0 Å². The van der Waals surface area contributed by atoms with Gasteiger partial charge in [-0.2, -0.15) is 5.10 Å². The van der Waals surface area contributed by atoms with Crippen LogP contribution in [0.5, 0.6) is 0 Å². The van der Waals surface area contributed by atoms with Gasteiger partial charge in [-0.25, -0.2) is 4.68 Å². The standard InChI is InChI=1S/C21H32ClN5/c1-4-25-12-14-26(15-13-25)11-5-10-23-16-21-17(2)24-27(18(21)3)20-8-6-19(22)7-9-20/h6-9,23H,4-5,10-16H2,1-3H3.